The largest absolute Gasteiger partial charge is 0.493 e. The molecular formula is C23H18Cl2N2O2. The summed E-state index contributed by atoms with van der Waals surface area (Å²) < 4.78 is 2.96. The van der Waals surface area contributed by atoms with Crippen LogP contribution in [-0.4, -0.2) is 14.5 Å². The maximum absolute atomic E-state index is 13.3. The maximum Gasteiger partial charge on any atom is 0.278 e. The van der Waals surface area contributed by atoms with Crippen LogP contribution < -0.4 is 5.56 Å². The van der Waals surface area contributed by atoms with E-state index in [1.165, 1.54) is 9.36 Å². The quantitative estimate of drug-likeness (QED) is 0.464. The fraction of sp³-hybridized carbons (Fsp3) is 0.0870. The predicted molar refractivity (Wildman–Crippen MR) is 117 cm³/mol. The second-order valence-corrected chi connectivity index (χ2v) is 7.54. The van der Waals surface area contributed by atoms with Gasteiger partial charge in [-0.1, -0.05) is 53.5 Å². The molecule has 29 heavy (non-hydrogen) atoms. The van der Waals surface area contributed by atoms with E-state index in [0.29, 0.717) is 39.8 Å². The van der Waals surface area contributed by atoms with E-state index in [9.17, 15) is 9.90 Å². The number of aromatic nitrogens is 2. The van der Waals surface area contributed by atoms with E-state index in [0.717, 1.165) is 5.56 Å². The van der Waals surface area contributed by atoms with Gasteiger partial charge in [0, 0.05) is 10.0 Å². The zero-order valence-electron chi connectivity index (χ0n) is 15.4. The third-order valence-corrected chi connectivity index (χ3v) is 5.27. The van der Waals surface area contributed by atoms with Gasteiger partial charge in [-0.2, -0.15) is 0 Å². The SMILES string of the molecule is O=c1c(CCc2ccccc2)c(O)n(-c2ccc(Cl)cc2)n1-c1ccc(Cl)cc1. The number of benzene rings is 3. The molecule has 0 spiro atoms. The van der Waals surface area contributed by atoms with Crippen molar-refractivity contribution in [2.45, 2.75) is 12.8 Å². The lowest BCUT2D eigenvalue weighted by atomic mass is 10.1. The van der Waals surface area contributed by atoms with Crippen LogP contribution in [0.15, 0.2) is 83.7 Å². The lowest BCUT2D eigenvalue weighted by molar-refractivity contribution is 0.420. The molecule has 0 unspecified atom stereocenters. The van der Waals surface area contributed by atoms with Gasteiger partial charge >= 0.3 is 0 Å². The van der Waals surface area contributed by atoms with Crippen LogP contribution in [0.3, 0.4) is 0 Å². The van der Waals surface area contributed by atoms with Gasteiger partial charge in [0.1, 0.15) is 0 Å². The van der Waals surface area contributed by atoms with Gasteiger partial charge in [0.2, 0.25) is 5.88 Å². The van der Waals surface area contributed by atoms with Crippen molar-refractivity contribution in [3.05, 3.63) is 110 Å². The molecule has 0 fully saturated rings. The van der Waals surface area contributed by atoms with Crippen LogP contribution in [0.5, 0.6) is 5.88 Å². The van der Waals surface area contributed by atoms with Crippen molar-refractivity contribution in [1.29, 1.82) is 0 Å². The lowest BCUT2D eigenvalue weighted by Crippen LogP contribution is -2.21. The van der Waals surface area contributed by atoms with Crippen molar-refractivity contribution in [3.63, 3.8) is 0 Å². The van der Waals surface area contributed by atoms with Gasteiger partial charge in [0.25, 0.3) is 5.56 Å². The Balaban J connectivity index is 1.84. The van der Waals surface area contributed by atoms with Gasteiger partial charge < -0.3 is 5.11 Å². The Bertz CT molecular complexity index is 1180. The highest BCUT2D eigenvalue weighted by molar-refractivity contribution is 6.30. The van der Waals surface area contributed by atoms with Crippen molar-refractivity contribution < 1.29 is 5.11 Å². The van der Waals surface area contributed by atoms with Gasteiger partial charge in [-0.3, -0.25) is 4.79 Å². The van der Waals surface area contributed by atoms with Gasteiger partial charge in [0.05, 0.1) is 16.9 Å². The smallest absolute Gasteiger partial charge is 0.278 e. The topological polar surface area (TPSA) is 47.2 Å². The van der Waals surface area contributed by atoms with Crippen molar-refractivity contribution in [3.8, 4) is 17.3 Å². The summed E-state index contributed by atoms with van der Waals surface area (Å²) in [5.41, 5.74) is 2.43. The molecule has 1 N–H and O–H groups in total. The number of halogens is 2. The molecule has 4 rings (SSSR count). The highest BCUT2D eigenvalue weighted by Crippen LogP contribution is 2.25. The molecule has 0 aliphatic rings. The summed E-state index contributed by atoms with van der Waals surface area (Å²) in [7, 11) is 0. The standard InChI is InChI=1S/C23H18Cl2N2O2/c24-17-7-11-19(12-8-17)26-22(28)21(15-6-16-4-2-1-3-5-16)23(29)27(26)20-13-9-18(25)10-14-20/h1-5,7-14,28H,6,15H2. The monoisotopic (exact) mass is 424 g/mol. The second kappa shape index (κ2) is 8.19. The predicted octanol–water partition coefficient (Wildman–Crippen LogP) is 5.43. The minimum Gasteiger partial charge on any atom is -0.493 e. The normalized spacial score (nSPS) is 11.0. The number of rotatable bonds is 5. The molecule has 0 bridgehead atoms. The average Bonchev–Trinajstić information content (AvgIpc) is 2.98. The Morgan fingerprint density at radius 2 is 1.21 bits per heavy atom. The first-order valence-electron chi connectivity index (χ1n) is 9.16. The number of aromatic hydroxyl groups is 1. The van der Waals surface area contributed by atoms with E-state index < -0.39 is 0 Å². The molecule has 0 atom stereocenters. The van der Waals surface area contributed by atoms with E-state index in [2.05, 4.69) is 0 Å². The van der Waals surface area contributed by atoms with Gasteiger partial charge in [-0.05, 0) is 66.9 Å². The Morgan fingerprint density at radius 3 is 1.76 bits per heavy atom. The summed E-state index contributed by atoms with van der Waals surface area (Å²) in [6, 6.07) is 23.7. The average molecular weight is 425 g/mol. The zero-order valence-corrected chi connectivity index (χ0v) is 16.9. The van der Waals surface area contributed by atoms with E-state index in [1.54, 1.807) is 48.5 Å². The summed E-state index contributed by atoms with van der Waals surface area (Å²) in [5, 5.41) is 12.1. The van der Waals surface area contributed by atoms with Gasteiger partial charge in [-0.15, -0.1) is 0 Å². The number of hydrogen-bond donors (Lipinski definition) is 1. The highest BCUT2D eigenvalue weighted by atomic mass is 35.5. The molecule has 4 aromatic rings. The fourth-order valence-electron chi connectivity index (χ4n) is 3.30. The minimum atomic E-state index is -0.268. The summed E-state index contributed by atoms with van der Waals surface area (Å²) in [5.74, 6) is -0.0804. The molecule has 4 nitrogen and oxygen atoms in total. The Morgan fingerprint density at radius 1 is 0.690 bits per heavy atom. The van der Waals surface area contributed by atoms with E-state index >= 15 is 0 Å². The number of hydrogen-bond acceptors (Lipinski definition) is 2. The van der Waals surface area contributed by atoms with Gasteiger partial charge in [0.15, 0.2) is 0 Å². The van der Waals surface area contributed by atoms with Crippen molar-refractivity contribution in [1.82, 2.24) is 9.36 Å². The second-order valence-electron chi connectivity index (χ2n) is 6.67. The summed E-state index contributed by atoms with van der Waals surface area (Å²) in [6.45, 7) is 0. The first-order valence-corrected chi connectivity index (χ1v) is 9.92. The molecule has 0 radical (unpaired) electrons. The van der Waals surface area contributed by atoms with Crippen LogP contribution in [0, 0.1) is 0 Å². The third kappa shape index (κ3) is 3.95. The summed E-state index contributed by atoms with van der Waals surface area (Å²) in [4.78, 5) is 13.3. The first kappa shape index (κ1) is 19.4. The maximum atomic E-state index is 13.3. The van der Waals surface area contributed by atoms with Crippen LogP contribution >= 0.6 is 23.2 Å². The van der Waals surface area contributed by atoms with Crippen molar-refractivity contribution in [2.24, 2.45) is 0 Å². The van der Waals surface area contributed by atoms with Crippen LogP contribution in [0.1, 0.15) is 11.1 Å². The molecule has 1 aromatic heterocycles. The van der Waals surface area contributed by atoms with E-state index in [1.807, 2.05) is 30.3 Å². The molecule has 1 heterocycles. The number of aryl methyl sites for hydroxylation is 1. The van der Waals surface area contributed by atoms with E-state index in [-0.39, 0.29) is 11.4 Å². The highest BCUT2D eigenvalue weighted by Gasteiger charge is 2.21. The minimum absolute atomic E-state index is 0.0804. The molecule has 3 aromatic carbocycles. The summed E-state index contributed by atoms with van der Waals surface area (Å²) >= 11 is 12.0. The third-order valence-electron chi connectivity index (χ3n) is 4.77. The first-order chi connectivity index (χ1) is 14.0. The molecule has 0 saturated heterocycles. The van der Waals surface area contributed by atoms with Gasteiger partial charge in [-0.25, -0.2) is 9.36 Å². The molecule has 146 valence electrons. The Hall–Kier alpha value is -2.95. The molecule has 0 aliphatic heterocycles. The fourth-order valence-corrected chi connectivity index (χ4v) is 3.56. The van der Waals surface area contributed by atoms with Crippen molar-refractivity contribution >= 4 is 23.2 Å². The molecular weight excluding hydrogens is 407 g/mol. The zero-order chi connectivity index (χ0) is 20.4. The lowest BCUT2D eigenvalue weighted by Gasteiger charge is -2.12. The Kier molecular flexibility index (Phi) is 5.47. The molecule has 0 amide bonds. The van der Waals surface area contributed by atoms with E-state index in [4.69, 9.17) is 23.2 Å². The molecule has 6 heteroatoms. The summed E-state index contributed by atoms with van der Waals surface area (Å²) in [6.07, 6.45) is 1.07. The number of nitrogens with zero attached hydrogens (tertiary/aromatic N) is 2. The van der Waals surface area contributed by atoms with Crippen molar-refractivity contribution in [2.75, 3.05) is 0 Å². The van der Waals surface area contributed by atoms with Crippen LogP contribution in [-0.2, 0) is 12.8 Å². The van der Waals surface area contributed by atoms with Crippen LogP contribution in [0.25, 0.3) is 11.4 Å². The molecule has 0 aliphatic carbocycles. The van der Waals surface area contributed by atoms with Crippen LogP contribution in [0.4, 0.5) is 0 Å². The Labute approximate surface area is 178 Å². The molecule has 0 saturated carbocycles. The van der Waals surface area contributed by atoms with Crippen LogP contribution in [0.2, 0.25) is 10.0 Å².